The Labute approximate surface area is 198 Å². The summed E-state index contributed by atoms with van der Waals surface area (Å²) >= 11 is 6.11. The third kappa shape index (κ3) is 5.94. The second-order valence-electron chi connectivity index (χ2n) is 7.87. The van der Waals surface area contributed by atoms with Gasteiger partial charge in [0.25, 0.3) is 0 Å². The molecule has 1 aliphatic rings. The molecule has 2 heterocycles. The highest BCUT2D eigenvalue weighted by molar-refractivity contribution is 6.35. The summed E-state index contributed by atoms with van der Waals surface area (Å²) < 4.78 is 5.65. The van der Waals surface area contributed by atoms with Crippen molar-refractivity contribution < 1.29 is 14.0 Å². The normalized spacial score (nSPS) is 15.1. The molecular weight excluding hydrogens is 440 g/mol. The average Bonchev–Trinajstić information content (AvgIpc) is 3.39. The lowest BCUT2D eigenvalue weighted by Crippen LogP contribution is -2.50. The standard InChI is InChI=1S/C25H27ClN4O3/c26-21-10-5-4-7-19(21)17-27-24(31)25(32)28-18-22(23-11-6-16-33-23)30-14-12-29(13-15-30)20-8-2-1-3-9-20/h1-11,16,22H,12-15,17-18H2,(H,27,31)(H,28,32). The van der Waals surface area contributed by atoms with Gasteiger partial charge in [0.1, 0.15) is 5.76 Å². The number of furan rings is 1. The van der Waals surface area contributed by atoms with E-state index in [0.717, 1.165) is 37.5 Å². The summed E-state index contributed by atoms with van der Waals surface area (Å²) in [6.07, 6.45) is 1.63. The van der Waals surface area contributed by atoms with E-state index in [1.807, 2.05) is 48.5 Å². The maximum atomic E-state index is 12.4. The number of carbonyl (C=O) groups is 2. The van der Waals surface area contributed by atoms with Gasteiger partial charge in [-0.05, 0) is 35.9 Å². The van der Waals surface area contributed by atoms with E-state index in [1.54, 1.807) is 12.3 Å². The van der Waals surface area contributed by atoms with E-state index >= 15 is 0 Å². The molecule has 1 aromatic heterocycles. The van der Waals surface area contributed by atoms with E-state index in [9.17, 15) is 9.59 Å². The van der Waals surface area contributed by atoms with Crippen molar-refractivity contribution in [3.63, 3.8) is 0 Å². The Morgan fingerprint density at radius 1 is 0.879 bits per heavy atom. The number of anilines is 1. The zero-order valence-corrected chi connectivity index (χ0v) is 19.0. The Balaban J connectivity index is 1.32. The summed E-state index contributed by atoms with van der Waals surface area (Å²) in [6, 6.07) is 21.1. The molecule has 172 valence electrons. The molecule has 0 spiro atoms. The zero-order chi connectivity index (χ0) is 23.0. The lowest BCUT2D eigenvalue weighted by Gasteiger charge is -2.39. The summed E-state index contributed by atoms with van der Waals surface area (Å²) in [7, 11) is 0. The van der Waals surface area contributed by atoms with Gasteiger partial charge in [0.05, 0.1) is 12.3 Å². The van der Waals surface area contributed by atoms with E-state index in [-0.39, 0.29) is 19.1 Å². The smallest absolute Gasteiger partial charge is 0.309 e. The molecule has 0 aliphatic carbocycles. The van der Waals surface area contributed by atoms with E-state index in [2.05, 4.69) is 32.6 Å². The van der Waals surface area contributed by atoms with Gasteiger partial charge in [0.15, 0.2) is 0 Å². The number of hydrogen-bond acceptors (Lipinski definition) is 5. The minimum atomic E-state index is -0.693. The van der Waals surface area contributed by atoms with Crippen LogP contribution in [0.1, 0.15) is 17.4 Å². The molecule has 0 radical (unpaired) electrons. The van der Waals surface area contributed by atoms with Crippen LogP contribution < -0.4 is 15.5 Å². The molecule has 2 amide bonds. The van der Waals surface area contributed by atoms with Gasteiger partial charge in [-0.3, -0.25) is 14.5 Å². The van der Waals surface area contributed by atoms with Crippen LogP contribution in [-0.4, -0.2) is 49.4 Å². The van der Waals surface area contributed by atoms with Crippen molar-refractivity contribution in [3.05, 3.63) is 89.3 Å². The molecule has 7 nitrogen and oxygen atoms in total. The van der Waals surface area contributed by atoms with Crippen molar-refractivity contribution in [1.29, 1.82) is 0 Å². The molecule has 2 aromatic carbocycles. The molecule has 1 aliphatic heterocycles. The Bertz CT molecular complexity index is 1050. The van der Waals surface area contributed by atoms with Crippen LogP contribution in [0, 0.1) is 0 Å². The molecule has 2 N–H and O–H groups in total. The molecule has 0 saturated carbocycles. The average molecular weight is 467 g/mol. The highest BCUT2D eigenvalue weighted by Gasteiger charge is 2.28. The first kappa shape index (κ1) is 22.9. The van der Waals surface area contributed by atoms with E-state index in [4.69, 9.17) is 16.0 Å². The molecule has 4 rings (SSSR count). The predicted octanol–water partition coefficient (Wildman–Crippen LogP) is 3.23. The van der Waals surface area contributed by atoms with Gasteiger partial charge in [-0.25, -0.2) is 0 Å². The molecule has 1 saturated heterocycles. The first-order valence-corrected chi connectivity index (χ1v) is 11.4. The fraction of sp³-hybridized carbons (Fsp3) is 0.280. The number of hydrogen-bond donors (Lipinski definition) is 2. The number of benzene rings is 2. The van der Waals surface area contributed by atoms with Crippen molar-refractivity contribution in [3.8, 4) is 0 Å². The van der Waals surface area contributed by atoms with Crippen molar-refractivity contribution in [2.24, 2.45) is 0 Å². The van der Waals surface area contributed by atoms with Crippen LogP contribution in [0.2, 0.25) is 5.02 Å². The van der Waals surface area contributed by atoms with Gasteiger partial charge in [-0.1, -0.05) is 48.0 Å². The maximum absolute atomic E-state index is 12.4. The number of rotatable bonds is 7. The van der Waals surface area contributed by atoms with Crippen LogP contribution in [0.4, 0.5) is 5.69 Å². The second kappa shape index (κ2) is 11.0. The SMILES string of the molecule is O=C(NCc1ccccc1Cl)C(=O)NCC(c1ccco1)N1CCN(c2ccccc2)CC1. The van der Waals surface area contributed by atoms with Crippen LogP contribution >= 0.6 is 11.6 Å². The molecule has 8 heteroatoms. The topological polar surface area (TPSA) is 77.8 Å². The quantitative estimate of drug-likeness (QED) is 0.523. The van der Waals surface area contributed by atoms with Gasteiger partial charge in [0.2, 0.25) is 0 Å². The number of para-hydroxylation sites is 1. The highest BCUT2D eigenvalue weighted by atomic mass is 35.5. The Morgan fingerprint density at radius 2 is 1.58 bits per heavy atom. The first-order valence-electron chi connectivity index (χ1n) is 11.0. The minimum Gasteiger partial charge on any atom is -0.468 e. The Morgan fingerprint density at radius 3 is 2.27 bits per heavy atom. The molecule has 1 fully saturated rings. The van der Waals surface area contributed by atoms with Crippen molar-refractivity contribution >= 4 is 29.1 Å². The van der Waals surface area contributed by atoms with E-state index in [1.165, 1.54) is 5.69 Å². The number of halogens is 1. The van der Waals surface area contributed by atoms with Gasteiger partial charge >= 0.3 is 11.8 Å². The van der Waals surface area contributed by atoms with Crippen LogP contribution in [0.15, 0.2) is 77.4 Å². The first-order chi connectivity index (χ1) is 16.1. The monoisotopic (exact) mass is 466 g/mol. The van der Waals surface area contributed by atoms with Crippen molar-refractivity contribution in [2.45, 2.75) is 12.6 Å². The van der Waals surface area contributed by atoms with Gasteiger partial charge in [-0.2, -0.15) is 0 Å². The highest BCUT2D eigenvalue weighted by Crippen LogP contribution is 2.24. The number of piperazine rings is 1. The van der Waals surface area contributed by atoms with Crippen LogP contribution in [0.3, 0.4) is 0 Å². The van der Waals surface area contributed by atoms with Crippen LogP contribution in [0.5, 0.6) is 0 Å². The zero-order valence-electron chi connectivity index (χ0n) is 18.2. The second-order valence-corrected chi connectivity index (χ2v) is 8.28. The fourth-order valence-electron chi connectivity index (χ4n) is 3.99. The summed E-state index contributed by atoms with van der Waals surface area (Å²) in [6.45, 7) is 3.83. The van der Waals surface area contributed by atoms with Gasteiger partial charge in [0, 0.05) is 50.0 Å². The minimum absolute atomic E-state index is 0.154. The number of nitrogens with zero attached hydrogens (tertiary/aromatic N) is 2. The third-order valence-corrected chi connectivity index (χ3v) is 6.18. The van der Waals surface area contributed by atoms with Crippen LogP contribution in [0.25, 0.3) is 0 Å². The Hall–Kier alpha value is -3.29. The summed E-state index contributed by atoms with van der Waals surface area (Å²) in [5.74, 6) is -0.608. The largest absolute Gasteiger partial charge is 0.468 e. The predicted molar refractivity (Wildman–Crippen MR) is 128 cm³/mol. The molecule has 0 bridgehead atoms. The van der Waals surface area contributed by atoms with Gasteiger partial charge < -0.3 is 20.0 Å². The molecule has 1 atom stereocenters. The van der Waals surface area contributed by atoms with E-state index < -0.39 is 11.8 Å². The number of amides is 2. The summed E-state index contributed by atoms with van der Waals surface area (Å²) in [5, 5.41) is 5.93. The number of nitrogens with one attached hydrogen (secondary N) is 2. The van der Waals surface area contributed by atoms with Crippen molar-refractivity contribution in [1.82, 2.24) is 15.5 Å². The van der Waals surface area contributed by atoms with Gasteiger partial charge in [-0.15, -0.1) is 0 Å². The lowest BCUT2D eigenvalue weighted by atomic mass is 10.1. The summed E-state index contributed by atoms with van der Waals surface area (Å²) in [4.78, 5) is 29.3. The lowest BCUT2D eigenvalue weighted by molar-refractivity contribution is -0.139. The number of carbonyl (C=O) groups excluding carboxylic acids is 2. The van der Waals surface area contributed by atoms with Crippen molar-refractivity contribution in [2.75, 3.05) is 37.6 Å². The summed E-state index contributed by atoms with van der Waals surface area (Å²) in [5.41, 5.74) is 1.96. The molecular formula is C25H27ClN4O3. The third-order valence-electron chi connectivity index (χ3n) is 5.81. The van der Waals surface area contributed by atoms with Crippen LogP contribution in [-0.2, 0) is 16.1 Å². The molecule has 1 unspecified atom stereocenters. The maximum Gasteiger partial charge on any atom is 0.309 e. The molecule has 33 heavy (non-hydrogen) atoms. The van der Waals surface area contributed by atoms with E-state index in [0.29, 0.717) is 5.02 Å². The molecule has 3 aromatic rings. The fourth-order valence-corrected chi connectivity index (χ4v) is 4.19. The Kier molecular flexibility index (Phi) is 7.65.